The predicted octanol–water partition coefficient (Wildman–Crippen LogP) is 4.35. The van der Waals surface area contributed by atoms with Gasteiger partial charge in [-0.15, -0.1) is 0 Å². The monoisotopic (exact) mass is 336 g/mol. The van der Waals surface area contributed by atoms with Gasteiger partial charge in [0.2, 0.25) is 0 Å². The number of nitrogens with one attached hydrogen (secondary N) is 1. The second kappa shape index (κ2) is 5.90. The van der Waals surface area contributed by atoms with Crippen LogP contribution < -0.4 is 10.1 Å². The topological polar surface area (TPSA) is 51.2 Å². The average molecular weight is 337 g/mol. The maximum Gasteiger partial charge on any atom is 0.258 e. The van der Waals surface area contributed by atoms with Crippen LogP contribution in [0.1, 0.15) is 10.4 Å². The zero-order chi connectivity index (χ0) is 15.7. The van der Waals surface area contributed by atoms with E-state index in [0.717, 1.165) is 22.0 Å². The number of methoxy groups -OCH3 is 1. The highest BCUT2D eigenvalue weighted by atomic mass is 35.5. The van der Waals surface area contributed by atoms with E-state index < -0.39 is 11.7 Å². The summed E-state index contributed by atoms with van der Waals surface area (Å²) in [6, 6.07) is 9.07. The molecule has 1 amide bonds. The fourth-order valence-corrected chi connectivity index (χ4v) is 3.07. The van der Waals surface area contributed by atoms with E-state index in [0.29, 0.717) is 5.13 Å². The van der Waals surface area contributed by atoms with Crippen LogP contribution in [0.3, 0.4) is 0 Å². The summed E-state index contributed by atoms with van der Waals surface area (Å²) in [4.78, 5) is 16.5. The maximum atomic E-state index is 13.0. The summed E-state index contributed by atoms with van der Waals surface area (Å²) in [5.74, 6) is -0.208. The van der Waals surface area contributed by atoms with Crippen LogP contribution in [-0.2, 0) is 0 Å². The molecule has 0 aliphatic rings. The second-order valence-electron chi connectivity index (χ2n) is 4.43. The van der Waals surface area contributed by atoms with Crippen molar-refractivity contribution in [1.82, 2.24) is 4.98 Å². The van der Waals surface area contributed by atoms with Gasteiger partial charge in [0, 0.05) is 0 Å². The van der Waals surface area contributed by atoms with Crippen molar-refractivity contribution in [3.8, 4) is 5.75 Å². The summed E-state index contributed by atoms with van der Waals surface area (Å²) in [7, 11) is 1.58. The molecule has 1 N–H and O–H groups in total. The Balaban J connectivity index is 1.87. The summed E-state index contributed by atoms with van der Waals surface area (Å²) in [6.45, 7) is 0. The number of rotatable bonds is 3. The molecule has 0 fully saturated rings. The highest BCUT2D eigenvalue weighted by Crippen LogP contribution is 2.29. The van der Waals surface area contributed by atoms with Gasteiger partial charge in [-0.2, -0.15) is 0 Å². The van der Waals surface area contributed by atoms with Crippen LogP contribution in [0.5, 0.6) is 5.75 Å². The molecule has 0 unspecified atom stereocenters. The highest BCUT2D eigenvalue weighted by Gasteiger charge is 2.14. The van der Waals surface area contributed by atoms with Crippen LogP contribution in [0.2, 0.25) is 5.02 Å². The number of halogens is 2. The molecule has 3 aromatic rings. The third kappa shape index (κ3) is 2.88. The quantitative estimate of drug-likeness (QED) is 0.773. The number of carbonyl (C=O) groups excluding carboxylic acids is 1. The number of ether oxygens (including phenoxy) is 1. The molecule has 22 heavy (non-hydrogen) atoms. The standard InChI is InChI=1S/C15H10ClFN2O2S/c1-21-9-3-5-12-13(7-9)22-15(18-12)19-14(20)10-4-2-8(17)6-11(10)16/h2-7H,1H3,(H,18,19,20). The van der Waals surface area contributed by atoms with Crippen molar-refractivity contribution in [3.05, 3.63) is 52.8 Å². The number of amides is 1. The number of anilines is 1. The average Bonchev–Trinajstić information content (AvgIpc) is 2.87. The number of fused-ring (bicyclic) bond motifs is 1. The molecule has 3 rings (SSSR count). The van der Waals surface area contributed by atoms with Gasteiger partial charge in [-0.25, -0.2) is 9.37 Å². The van der Waals surface area contributed by atoms with E-state index in [4.69, 9.17) is 16.3 Å². The lowest BCUT2D eigenvalue weighted by Crippen LogP contribution is -2.12. The molecule has 2 aromatic carbocycles. The minimum absolute atomic E-state index is 0.0558. The van der Waals surface area contributed by atoms with E-state index in [2.05, 4.69) is 10.3 Å². The minimum atomic E-state index is -0.492. The van der Waals surface area contributed by atoms with Gasteiger partial charge in [-0.1, -0.05) is 22.9 Å². The molecule has 0 saturated heterocycles. The van der Waals surface area contributed by atoms with Crippen LogP contribution in [0, 0.1) is 5.82 Å². The van der Waals surface area contributed by atoms with Crippen molar-refractivity contribution in [1.29, 1.82) is 0 Å². The number of hydrogen-bond donors (Lipinski definition) is 1. The van der Waals surface area contributed by atoms with Crippen LogP contribution in [0.4, 0.5) is 9.52 Å². The normalized spacial score (nSPS) is 10.7. The number of carbonyl (C=O) groups is 1. The Morgan fingerprint density at radius 2 is 2.14 bits per heavy atom. The van der Waals surface area contributed by atoms with E-state index in [1.54, 1.807) is 13.2 Å². The molecule has 4 nitrogen and oxygen atoms in total. The molecule has 0 spiro atoms. The number of aromatic nitrogens is 1. The molecular formula is C15H10ClFN2O2S. The molecule has 0 aliphatic heterocycles. The Hall–Kier alpha value is -2.18. The second-order valence-corrected chi connectivity index (χ2v) is 5.87. The van der Waals surface area contributed by atoms with E-state index in [1.807, 2.05) is 12.1 Å². The van der Waals surface area contributed by atoms with Crippen molar-refractivity contribution >= 4 is 44.2 Å². The molecule has 0 atom stereocenters. The van der Waals surface area contributed by atoms with Crippen molar-refractivity contribution in [2.45, 2.75) is 0 Å². The van der Waals surface area contributed by atoms with Crippen LogP contribution >= 0.6 is 22.9 Å². The third-order valence-corrected chi connectivity index (χ3v) is 4.24. The molecule has 1 aromatic heterocycles. The zero-order valence-electron chi connectivity index (χ0n) is 11.4. The number of benzene rings is 2. The largest absolute Gasteiger partial charge is 0.497 e. The van der Waals surface area contributed by atoms with Gasteiger partial charge >= 0.3 is 0 Å². The summed E-state index contributed by atoms with van der Waals surface area (Å²) < 4.78 is 19.0. The molecule has 1 heterocycles. The third-order valence-electron chi connectivity index (χ3n) is 2.99. The lowest BCUT2D eigenvalue weighted by Gasteiger charge is -2.03. The summed E-state index contributed by atoms with van der Waals surface area (Å²) in [5, 5.41) is 3.16. The van der Waals surface area contributed by atoms with Crippen molar-refractivity contribution < 1.29 is 13.9 Å². The van der Waals surface area contributed by atoms with E-state index in [1.165, 1.54) is 23.5 Å². The lowest BCUT2D eigenvalue weighted by molar-refractivity contribution is 0.102. The first-order valence-corrected chi connectivity index (χ1v) is 7.47. The van der Waals surface area contributed by atoms with Gasteiger partial charge in [0.25, 0.3) is 5.91 Å². The molecule has 0 saturated carbocycles. The maximum absolute atomic E-state index is 13.0. The molecule has 112 valence electrons. The Bertz CT molecular complexity index is 866. The van der Waals surface area contributed by atoms with Crippen molar-refractivity contribution in [2.75, 3.05) is 12.4 Å². The molecule has 7 heteroatoms. The molecular weight excluding hydrogens is 327 g/mol. The van der Waals surface area contributed by atoms with Crippen LogP contribution in [0.25, 0.3) is 10.2 Å². The van der Waals surface area contributed by atoms with Crippen LogP contribution in [-0.4, -0.2) is 18.0 Å². The summed E-state index contributed by atoms with van der Waals surface area (Å²) in [6.07, 6.45) is 0. The first-order valence-electron chi connectivity index (χ1n) is 6.28. The van der Waals surface area contributed by atoms with Gasteiger partial charge in [0.15, 0.2) is 5.13 Å². The SMILES string of the molecule is COc1ccc2nc(NC(=O)c3ccc(F)cc3Cl)sc2c1. The smallest absolute Gasteiger partial charge is 0.258 e. The molecule has 0 radical (unpaired) electrons. The Labute approximate surface area is 134 Å². The highest BCUT2D eigenvalue weighted by molar-refractivity contribution is 7.22. The van der Waals surface area contributed by atoms with Crippen LogP contribution in [0.15, 0.2) is 36.4 Å². The number of hydrogen-bond acceptors (Lipinski definition) is 4. The van der Waals surface area contributed by atoms with Gasteiger partial charge in [0.05, 0.1) is 27.9 Å². The molecule has 0 aliphatic carbocycles. The Morgan fingerprint density at radius 3 is 2.86 bits per heavy atom. The minimum Gasteiger partial charge on any atom is -0.497 e. The zero-order valence-corrected chi connectivity index (χ0v) is 13.0. The summed E-state index contributed by atoms with van der Waals surface area (Å²) in [5.41, 5.74) is 0.950. The Kier molecular flexibility index (Phi) is 3.96. The Morgan fingerprint density at radius 1 is 1.32 bits per heavy atom. The van der Waals surface area contributed by atoms with Gasteiger partial charge in [0.1, 0.15) is 11.6 Å². The number of thiazole rings is 1. The summed E-state index contributed by atoms with van der Waals surface area (Å²) >= 11 is 7.19. The number of nitrogens with zero attached hydrogens (tertiary/aromatic N) is 1. The molecule has 0 bridgehead atoms. The first-order chi connectivity index (χ1) is 10.6. The lowest BCUT2D eigenvalue weighted by atomic mass is 10.2. The van der Waals surface area contributed by atoms with E-state index in [9.17, 15) is 9.18 Å². The van der Waals surface area contributed by atoms with Gasteiger partial charge in [-0.05, 0) is 36.4 Å². The van der Waals surface area contributed by atoms with Gasteiger partial charge in [-0.3, -0.25) is 10.1 Å². The first kappa shape index (κ1) is 14.7. The van der Waals surface area contributed by atoms with E-state index >= 15 is 0 Å². The fraction of sp³-hybridized carbons (Fsp3) is 0.0667. The van der Waals surface area contributed by atoms with Gasteiger partial charge < -0.3 is 4.74 Å². The van der Waals surface area contributed by atoms with E-state index in [-0.39, 0.29) is 10.6 Å². The predicted molar refractivity (Wildman–Crippen MR) is 85.5 cm³/mol. The fourth-order valence-electron chi connectivity index (χ4n) is 1.92. The van der Waals surface area contributed by atoms with Crippen molar-refractivity contribution in [3.63, 3.8) is 0 Å². The van der Waals surface area contributed by atoms with Crippen molar-refractivity contribution in [2.24, 2.45) is 0 Å².